The van der Waals surface area contributed by atoms with Crippen molar-refractivity contribution in [1.29, 1.82) is 0 Å². The molecule has 76 heavy (non-hydrogen) atoms. The van der Waals surface area contributed by atoms with E-state index in [9.17, 15) is 19.4 Å². The second-order valence-electron chi connectivity index (χ2n) is 21.7. The Labute approximate surface area is 469 Å². The summed E-state index contributed by atoms with van der Waals surface area (Å²) in [6.45, 7) is 4.46. The summed E-state index contributed by atoms with van der Waals surface area (Å²) in [7, 11) is 1.18. The van der Waals surface area contributed by atoms with Gasteiger partial charge in [0.2, 0.25) is 5.91 Å². The van der Waals surface area contributed by atoms with Crippen LogP contribution in [0.5, 0.6) is 0 Å². The molecule has 0 spiro atoms. The van der Waals surface area contributed by atoms with E-state index in [4.69, 9.17) is 9.05 Å². The number of likely N-dealkylation sites (N-methyl/N-ethyl adjacent to an activating group) is 1. The van der Waals surface area contributed by atoms with Crippen molar-refractivity contribution in [2.75, 3.05) is 40.9 Å². The predicted octanol–water partition coefficient (Wildman–Crippen LogP) is 18.7. The second-order valence-corrected chi connectivity index (χ2v) is 23.1. The molecule has 0 heterocycles. The molecule has 0 aromatic carbocycles. The van der Waals surface area contributed by atoms with Gasteiger partial charge >= 0.3 is 0 Å². The zero-order chi connectivity index (χ0) is 55.6. The fourth-order valence-electron chi connectivity index (χ4n) is 8.35. The number of unbranched alkanes of at least 4 members (excludes halogenated alkanes) is 24. The van der Waals surface area contributed by atoms with Gasteiger partial charge in [0, 0.05) is 6.42 Å². The molecule has 3 atom stereocenters. The lowest BCUT2D eigenvalue weighted by molar-refractivity contribution is -0.870. The number of phosphoric acid groups is 1. The summed E-state index contributed by atoms with van der Waals surface area (Å²) in [5, 5.41) is 13.8. The third-order valence-electron chi connectivity index (χ3n) is 13.1. The highest BCUT2D eigenvalue weighted by molar-refractivity contribution is 7.45. The van der Waals surface area contributed by atoms with E-state index in [2.05, 4.69) is 129 Å². The number of carbonyl (C=O) groups is 1. The molecule has 0 rings (SSSR count). The third kappa shape index (κ3) is 58.6. The monoisotopic (exact) mass is 1080 g/mol. The molecule has 0 aliphatic carbocycles. The largest absolute Gasteiger partial charge is 0.756 e. The number of carbonyl (C=O) groups excluding carboxylic acids is 1. The summed E-state index contributed by atoms with van der Waals surface area (Å²) < 4.78 is 23.3. The number of phosphoric ester groups is 1. The predicted molar refractivity (Wildman–Crippen MR) is 329 cm³/mol. The van der Waals surface area contributed by atoms with Gasteiger partial charge in [-0.1, -0.05) is 264 Å². The Balaban J connectivity index is 4.33. The molecule has 0 saturated carbocycles. The van der Waals surface area contributed by atoms with Crippen molar-refractivity contribution >= 4 is 13.7 Å². The SMILES string of the molecule is CC/C=C\C/C=C\C/C=C\C/C=C\C/C=C\C/C=C\C/C=C\CCCC(=O)NC(COP(=O)([O-])OCC[N+](C)(C)C)C(O)/C=C/CC/C=C/CC/C=C/CCCCCCCCCCCCCCCCCCCCCCC. The van der Waals surface area contributed by atoms with E-state index in [0.717, 1.165) is 70.6 Å². The van der Waals surface area contributed by atoms with Crippen molar-refractivity contribution in [3.63, 3.8) is 0 Å². The first kappa shape index (κ1) is 72.9. The standard InChI is InChI=1S/C67H117N2O6P/c1-6-8-10-12-14-16-18-20-22-24-26-28-30-31-32-33-34-35-36-37-39-40-42-44-46-48-50-52-54-56-58-60-66(70)65(64-75-76(72,73)74-63-62-69(3,4)5)68-67(71)61-59-57-55-53-51-49-47-45-43-41-38-29-27-25-23-21-19-17-15-13-11-9-7-2/h9,11,15,17,21,23,27,29,41-44,47,49-50,52-53,55,58,60,65-66,70H,6-8,10,12-14,16,18-20,22,24-26,28,30-40,45-46,48,51,54,56-57,59,61-64H2,1-5H3,(H-,68,71,72,73)/b11-9-,17-15-,23-21-,29-27-,43-41-,44-42+,49-47-,52-50+,55-53-,60-58+. The molecule has 0 aromatic heterocycles. The van der Waals surface area contributed by atoms with Crippen LogP contribution in [0.3, 0.4) is 0 Å². The molecule has 436 valence electrons. The van der Waals surface area contributed by atoms with Gasteiger partial charge in [-0.05, 0) is 96.3 Å². The van der Waals surface area contributed by atoms with Gasteiger partial charge in [-0.25, -0.2) is 0 Å². The van der Waals surface area contributed by atoms with Crippen LogP contribution in [0.25, 0.3) is 0 Å². The molecular formula is C67H117N2O6P. The Hall–Kier alpha value is -3.10. The zero-order valence-corrected chi connectivity index (χ0v) is 50.6. The summed E-state index contributed by atoms with van der Waals surface area (Å²) in [5.41, 5.74) is 0. The number of rotatable bonds is 55. The van der Waals surface area contributed by atoms with E-state index in [1.165, 1.54) is 141 Å². The van der Waals surface area contributed by atoms with Gasteiger partial charge in [-0.2, -0.15) is 0 Å². The maximum atomic E-state index is 12.9. The summed E-state index contributed by atoms with van der Waals surface area (Å²) >= 11 is 0. The van der Waals surface area contributed by atoms with Crippen molar-refractivity contribution in [2.45, 2.75) is 257 Å². The average molecular weight is 1080 g/mol. The number of aliphatic hydroxyl groups excluding tert-OH is 1. The molecule has 0 fully saturated rings. The van der Waals surface area contributed by atoms with Crippen LogP contribution >= 0.6 is 7.82 Å². The number of hydrogen-bond donors (Lipinski definition) is 2. The van der Waals surface area contributed by atoms with E-state index in [0.29, 0.717) is 23.9 Å². The molecule has 0 radical (unpaired) electrons. The van der Waals surface area contributed by atoms with E-state index < -0.39 is 26.6 Å². The molecule has 2 N–H and O–H groups in total. The minimum absolute atomic E-state index is 0.0269. The van der Waals surface area contributed by atoms with Gasteiger partial charge in [0.05, 0.1) is 39.9 Å². The fourth-order valence-corrected chi connectivity index (χ4v) is 9.07. The first-order valence-corrected chi connectivity index (χ1v) is 32.4. The van der Waals surface area contributed by atoms with Crippen molar-refractivity contribution < 1.29 is 32.9 Å². The first-order chi connectivity index (χ1) is 37.0. The molecule has 1 amide bonds. The third-order valence-corrected chi connectivity index (χ3v) is 14.1. The fraction of sp³-hybridized carbons (Fsp3) is 0.687. The van der Waals surface area contributed by atoms with E-state index in [1.54, 1.807) is 6.08 Å². The van der Waals surface area contributed by atoms with E-state index in [1.807, 2.05) is 27.2 Å². The first-order valence-electron chi connectivity index (χ1n) is 30.9. The van der Waals surface area contributed by atoms with Crippen LogP contribution in [-0.4, -0.2) is 68.5 Å². The van der Waals surface area contributed by atoms with Crippen LogP contribution in [0, 0.1) is 0 Å². The van der Waals surface area contributed by atoms with Crippen LogP contribution in [0.15, 0.2) is 122 Å². The van der Waals surface area contributed by atoms with Gasteiger partial charge in [0.15, 0.2) is 0 Å². The number of aliphatic hydroxyl groups is 1. The van der Waals surface area contributed by atoms with Crippen molar-refractivity contribution in [1.82, 2.24) is 5.32 Å². The van der Waals surface area contributed by atoms with E-state index in [-0.39, 0.29) is 18.9 Å². The number of nitrogens with zero attached hydrogens (tertiary/aromatic N) is 1. The van der Waals surface area contributed by atoms with Crippen molar-refractivity contribution in [3.8, 4) is 0 Å². The summed E-state index contributed by atoms with van der Waals surface area (Å²) in [6, 6.07) is -0.951. The number of quaternary nitrogens is 1. The number of allylic oxidation sites excluding steroid dienone is 19. The molecule has 0 aliphatic rings. The Kier molecular flexibility index (Phi) is 54.3. The Morgan fingerprint density at radius 3 is 1.22 bits per heavy atom. The maximum absolute atomic E-state index is 12.9. The molecule has 0 saturated heterocycles. The van der Waals surface area contributed by atoms with E-state index >= 15 is 0 Å². The second kappa shape index (κ2) is 56.6. The molecule has 0 bridgehead atoms. The van der Waals surface area contributed by atoms with Crippen LogP contribution in [-0.2, 0) is 18.4 Å². The minimum Gasteiger partial charge on any atom is -0.756 e. The lowest BCUT2D eigenvalue weighted by Gasteiger charge is -2.29. The normalized spacial score (nSPS) is 14.7. The Bertz CT molecular complexity index is 1650. The molecular weight excluding hydrogens is 960 g/mol. The maximum Gasteiger partial charge on any atom is 0.268 e. The zero-order valence-electron chi connectivity index (χ0n) is 49.7. The van der Waals surface area contributed by atoms with Crippen molar-refractivity contribution in [2.24, 2.45) is 0 Å². The van der Waals surface area contributed by atoms with Gasteiger partial charge in [0.25, 0.3) is 7.82 Å². The van der Waals surface area contributed by atoms with Crippen LogP contribution in [0.2, 0.25) is 0 Å². The average Bonchev–Trinajstić information content (AvgIpc) is 3.38. The summed E-state index contributed by atoms with van der Waals surface area (Å²) in [6.07, 6.45) is 84.6. The number of amides is 1. The van der Waals surface area contributed by atoms with Gasteiger partial charge in [0.1, 0.15) is 13.2 Å². The van der Waals surface area contributed by atoms with Crippen LogP contribution < -0.4 is 10.2 Å². The Morgan fingerprint density at radius 1 is 0.474 bits per heavy atom. The number of nitrogens with one attached hydrogen (secondary N) is 1. The molecule has 9 heteroatoms. The highest BCUT2D eigenvalue weighted by atomic mass is 31.2. The molecule has 0 aromatic rings. The summed E-state index contributed by atoms with van der Waals surface area (Å²) in [5.74, 6) is -0.272. The van der Waals surface area contributed by atoms with Gasteiger partial charge in [-0.15, -0.1) is 0 Å². The number of hydrogen-bond acceptors (Lipinski definition) is 6. The minimum atomic E-state index is -4.64. The Morgan fingerprint density at radius 2 is 0.816 bits per heavy atom. The van der Waals surface area contributed by atoms with Gasteiger partial charge < -0.3 is 28.8 Å². The smallest absolute Gasteiger partial charge is 0.268 e. The molecule has 8 nitrogen and oxygen atoms in total. The summed E-state index contributed by atoms with van der Waals surface area (Å²) in [4.78, 5) is 25.5. The topological polar surface area (TPSA) is 108 Å². The van der Waals surface area contributed by atoms with Gasteiger partial charge in [-0.3, -0.25) is 9.36 Å². The lowest BCUT2D eigenvalue weighted by Crippen LogP contribution is -2.45. The quantitative estimate of drug-likeness (QED) is 0.0272. The molecule has 0 aliphatic heterocycles. The van der Waals surface area contributed by atoms with Crippen LogP contribution in [0.4, 0.5) is 0 Å². The molecule has 3 unspecified atom stereocenters. The lowest BCUT2D eigenvalue weighted by atomic mass is 10.0. The van der Waals surface area contributed by atoms with Crippen LogP contribution in [0.1, 0.15) is 245 Å². The highest BCUT2D eigenvalue weighted by Gasteiger charge is 2.23. The van der Waals surface area contributed by atoms with Crippen molar-refractivity contribution in [3.05, 3.63) is 122 Å². The highest BCUT2D eigenvalue weighted by Crippen LogP contribution is 2.38.